The standard InChI is InChI=1S/C12H21N3OS/c16-11(9-5-1-2-6-9)14-15-12(17)13-10-7-3-4-8-10/h9-10H,1-8H2,(H,14,16)(H2,13,15,17). The normalized spacial score (nSPS) is 21.4. The lowest BCUT2D eigenvalue weighted by Gasteiger charge is -2.17. The minimum atomic E-state index is 0.0815. The van der Waals surface area contributed by atoms with Crippen LogP contribution in [0.1, 0.15) is 51.4 Å². The van der Waals surface area contributed by atoms with Gasteiger partial charge >= 0.3 is 0 Å². The number of carbonyl (C=O) groups is 1. The molecule has 2 saturated carbocycles. The molecular weight excluding hydrogens is 234 g/mol. The number of thiocarbonyl (C=S) groups is 1. The van der Waals surface area contributed by atoms with Crippen LogP contribution in [0, 0.1) is 5.92 Å². The molecule has 0 atom stereocenters. The van der Waals surface area contributed by atoms with Gasteiger partial charge in [0.2, 0.25) is 5.91 Å². The third-order valence-electron chi connectivity index (χ3n) is 3.72. The predicted molar refractivity (Wildman–Crippen MR) is 71.2 cm³/mol. The summed E-state index contributed by atoms with van der Waals surface area (Å²) in [5.41, 5.74) is 5.51. The topological polar surface area (TPSA) is 53.2 Å². The molecule has 4 nitrogen and oxygen atoms in total. The Bertz CT molecular complexity index is 283. The van der Waals surface area contributed by atoms with Crippen LogP contribution in [-0.4, -0.2) is 17.1 Å². The van der Waals surface area contributed by atoms with Gasteiger partial charge in [0.25, 0.3) is 0 Å². The molecule has 2 aliphatic rings. The smallest absolute Gasteiger partial charge is 0.241 e. The highest BCUT2D eigenvalue weighted by Crippen LogP contribution is 2.24. The fourth-order valence-corrected chi connectivity index (χ4v) is 2.92. The van der Waals surface area contributed by atoms with Crippen molar-refractivity contribution in [3.8, 4) is 0 Å². The van der Waals surface area contributed by atoms with E-state index >= 15 is 0 Å². The van der Waals surface area contributed by atoms with Crippen LogP contribution in [0.15, 0.2) is 0 Å². The number of hydrazine groups is 1. The summed E-state index contributed by atoms with van der Waals surface area (Å²) in [7, 11) is 0. The van der Waals surface area contributed by atoms with Crippen LogP contribution >= 0.6 is 12.2 Å². The Hall–Kier alpha value is -0.840. The van der Waals surface area contributed by atoms with Gasteiger partial charge in [0.15, 0.2) is 5.11 Å². The molecular formula is C12H21N3OS. The average Bonchev–Trinajstić information content (AvgIpc) is 2.97. The van der Waals surface area contributed by atoms with Gasteiger partial charge in [0.05, 0.1) is 0 Å². The monoisotopic (exact) mass is 255 g/mol. The second kappa shape index (κ2) is 6.19. The molecule has 0 heterocycles. The molecule has 3 N–H and O–H groups in total. The zero-order chi connectivity index (χ0) is 12.1. The van der Waals surface area contributed by atoms with E-state index in [1.807, 2.05) is 0 Å². The van der Waals surface area contributed by atoms with Crippen LogP contribution in [0.2, 0.25) is 0 Å². The highest BCUT2D eigenvalue weighted by atomic mass is 32.1. The van der Waals surface area contributed by atoms with Crippen molar-refractivity contribution in [3.63, 3.8) is 0 Å². The van der Waals surface area contributed by atoms with Crippen molar-refractivity contribution < 1.29 is 4.79 Å². The van der Waals surface area contributed by atoms with Gasteiger partial charge < -0.3 is 5.32 Å². The van der Waals surface area contributed by atoms with Crippen molar-refractivity contribution in [1.29, 1.82) is 0 Å². The number of nitrogens with one attached hydrogen (secondary N) is 3. The lowest BCUT2D eigenvalue weighted by atomic mass is 10.1. The Kier molecular flexibility index (Phi) is 4.59. The molecule has 0 saturated heterocycles. The van der Waals surface area contributed by atoms with Gasteiger partial charge in [-0.2, -0.15) is 0 Å². The lowest BCUT2D eigenvalue weighted by Crippen LogP contribution is -2.50. The maximum absolute atomic E-state index is 11.7. The SMILES string of the molecule is O=C(NNC(=S)NC1CCCC1)C1CCCC1. The maximum Gasteiger partial charge on any atom is 0.241 e. The summed E-state index contributed by atoms with van der Waals surface area (Å²) in [5.74, 6) is 0.259. The summed E-state index contributed by atoms with van der Waals surface area (Å²) in [4.78, 5) is 11.7. The minimum absolute atomic E-state index is 0.0815. The molecule has 0 bridgehead atoms. The van der Waals surface area contributed by atoms with Gasteiger partial charge in [-0.1, -0.05) is 25.7 Å². The first-order chi connectivity index (χ1) is 8.25. The molecule has 2 fully saturated rings. The predicted octanol–water partition coefficient (Wildman–Crippen LogP) is 1.61. The Morgan fingerprint density at radius 2 is 1.53 bits per heavy atom. The summed E-state index contributed by atoms with van der Waals surface area (Å²) in [6, 6.07) is 0.485. The van der Waals surface area contributed by atoms with E-state index in [0.717, 1.165) is 12.8 Å². The largest absolute Gasteiger partial charge is 0.359 e. The highest BCUT2D eigenvalue weighted by molar-refractivity contribution is 7.80. The van der Waals surface area contributed by atoms with Crippen LogP contribution < -0.4 is 16.2 Å². The van der Waals surface area contributed by atoms with Crippen LogP contribution in [0.3, 0.4) is 0 Å². The number of carbonyl (C=O) groups excluding carboxylic acids is 1. The number of rotatable bonds is 2. The molecule has 0 radical (unpaired) electrons. The van der Waals surface area contributed by atoms with Gasteiger partial charge in [0, 0.05) is 12.0 Å². The molecule has 0 unspecified atom stereocenters. The zero-order valence-corrected chi connectivity index (χ0v) is 10.9. The average molecular weight is 255 g/mol. The van der Waals surface area contributed by atoms with E-state index < -0.39 is 0 Å². The van der Waals surface area contributed by atoms with Crippen molar-refractivity contribution in [2.45, 2.75) is 57.4 Å². The van der Waals surface area contributed by atoms with Crippen molar-refractivity contribution in [3.05, 3.63) is 0 Å². The fourth-order valence-electron chi connectivity index (χ4n) is 2.70. The number of hydrogen-bond acceptors (Lipinski definition) is 2. The molecule has 2 rings (SSSR count). The van der Waals surface area contributed by atoms with E-state index in [1.54, 1.807) is 0 Å². The van der Waals surface area contributed by atoms with E-state index in [4.69, 9.17) is 12.2 Å². The first-order valence-electron chi connectivity index (χ1n) is 6.62. The van der Waals surface area contributed by atoms with Gasteiger partial charge in [-0.05, 0) is 37.9 Å². The van der Waals surface area contributed by atoms with Gasteiger partial charge in [-0.3, -0.25) is 15.6 Å². The van der Waals surface area contributed by atoms with Gasteiger partial charge in [0.1, 0.15) is 0 Å². The molecule has 5 heteroatoms. The van der Waals surface area contributed by atoms with Gasteiger partial charge in [-0.25, -0.2) is 0 Å². The molecule has 0 aromatic heterocycles. The fraction of sp³-hybridized carbons (Fsp3) is 0.833. The minimum Gasteiger partial charge on any atom is -0.359 e. The van der Waals surface area contributed by atoms with Gasteiger partial charge in [-0.15, -0.1) is 0 Å². The van der Waals surface area contributed by atoms with Crippen molar-refractivity contribution in [1.82, 2.24) is 16.2 Å². The third-order valence-corrected chi connectivity index (χ3v) is 3.94. The molecule has 0 spiro atoms. The van der Waals surface area contributed by atoms with E-state index in [1.165, 1.54) is 38.5 Å². The van der Waals surface area contributed by atoms with E-state index in [-0.39, 0.29) is 11.8 Å². The first kappa shape index (κ1) is 12.6. The summed E-state index contributed by atoms with van der Waals surface area (Å²) in [5, 5.41) is 3.78. The third kappa shape index (κ3) is 3.84. The summed E-state index contributed by atoms with van der Waals surface area (Å²) >= 11 is 5.15. The Morgan fingerprint density at radius 1 is 0.941 bits per heavy atom. The molecule has 0 aliphatic heterocycles. The van der Waals surface area contributed by atoms with Crippen LogP contribution in [0.25, 0.3) is 0 Å². The first-order valence-corrected chi connectivity index (χ1v) is 7.03. The molecule has 0 aromatic carbocycles. The van der Waals surface area contributed by atoms with Crippen LogP contribution in [0.5, 0.6) is 0 Å². The van der Waals surface area contributed by atoms with Crippen LogP contribution in [0.4, 0.5) is 0 Å². The van der Waals surface area contributed by atoms with Crippen LogP contribution in [-0.2, 0) is 4.79 Å². The molecule has 17 heavy (non-hydrogen) atoms. The van der Waals surface area contributed by atoms with E-state index in [0.29, 0.717) is 11.2 Å². The van der Waals surface area contributed by atoms with Crippen molar-refractivity contribution in [2.75, 3.05) is 0 Å². The molecule has 1 amide bonds. The second-order valence-electron chi connectivity index (χ2n) is 5.05. The Morgan fingerprint density at radius 3 is 2.18 bits per heavy atom. The van der Waals surface area contributed by atoms with Crippen molar-refractivity contribution >= 4 is 23.2 Å². The molecule has 96 valence electrons. The molecule has 0 aromatic rings. The second-order valence-corrected chi connectivity index (χ2v) is 5.46. The summed E-state index contributed by atoms with van der Waals surface area (Å²) in [6.07, 6.45) is 9.26. The van der Waals surface area contributed by atoms with E-state index in [2.05, 4.69) is 16.2 Å². The van der Waals surface area contributed by atoms with Crippen molar-refractivity contribution in [2.24, 2.45) is 5.92 Å². The van der Waals surface area contributed by atoms with E-state index in [9.17, 15) is 4.79 Å². The quantitative estimate of drug-likeness (QED) is 0.518. The summed E-state index contributed by atoms with van der Waals surface area (Å²) < 4.78 is 0. The Balaban J connectivity index is 1.63. The molecule has 2 aliphatic carbocycles. The highest BCUT2D eigenvalue weighted by Gasteiger charge is 2.22. The Labute approximate surface area is 108 Å². The zero-order valence-electron chi connectivity index (χ0n) is 10.1. The number of amides is 1. The maximum atomic E-state index is 11.7. The summed E-state index contributed by atoms with van der Waals surface area (Å²) in [6.45, 7) is 0. The number of hydrogen-bond donors (Lipinski definition) is 3. The lowest BCUT2D eigenvalue weighted by molar-refractivity contribution is -0.125.